The summed E-state index contributed by atoms with van der Waals surface area (Å²) in [6.45, 7) is 0.553. The number of hydrogen-bond acceptors (Lipinski definition) is 6. The van der Waals surface area contributed by atoms with Crippen molar-refractivity contribution in [3.8, 4) is 5.75 Å². The van der Waals surface area contributed by atoms with Crippen LogP contribution in [0.1, 0.15) is 12.0 Å². The van der Waals surface area contributed by atoms with E-state index in [-0.39, 0.29) is 22.9 Å². The average Bonchev–Trinajstić information content (AvgIpc) is 2.69. The van der Waals surface area contributed by atoms with Gasteiger partial charge >= 0.3 is 5.69 Å². The highest BCUT2D eigenvalue weighted by Gasteiger charge is 2.31. The van der Waals surface area contributed by atoms with Crippen molar-refractivity contribution in [3.63, 3.8) is 0 Å². The number of nitro groups is 1. The van der Waals surface area contributed by atoms with Gasteiger partial charge in [0.15, 0.2) is 15.6 Å². The summed E-state index contributed by atoms with van der Waals surface area (Å²) in [4.78, 5) is 10.5. The van der Waals surface area contributed by atoms with Crippen LogP contribution in [0.5, 0.6) is 5.75 Å². The van der Waals surface area contributed by atoms with E-state index < -0.39 is 20.9 Å². The number of hydrogen-bond donors (Lipinski definition) is 1. The molecule has 0 saturated carbocycles. The van der Waals surface area contributed by atoms with Crippen LogP contribution in [0.4, 0.5) is 5.69 Å². The molecule has 1 aliphatic heterocycles. The van der Waals surface area contributed by atoms with Crippen molar-refractivity contribution in [2.24, 2.45) is 0 Å². The minimum Gasteiger partial charge on any atom is -0.482 e. The molecule has 0 aromatic heterocycles. The zero-order valence-electron chi connectivity index (χ0n) is 11.0. The van der Waals surface area contributed by atoms with E-state index >= 15 is 0 Å². The second-order valence-corrected chi connectivity index (χ2v) is 6.96. The molecule has 0 aliphatic carbocycles. The molecule has 0 amide bonds. The number of nitrogens with zero attached hydrogens (tertiary/aromatic N) is 1. The molecule has 0 bridgehead atoms. The maximum atomic E-state index is 11.4. The Hall–Kier alpha value is -1.67. The number of ether oxygens (including phenoxy) is 1. The molecule has 7 nitrogen and oxygen atoms in total. The van der Waals surface area contributed by atoms with Crippen LogP contribution < -0.4 is 10.1 Å². The third-order valence-electron chi connectivity index (χ3n) is 3.09. The fourth-order valence-electron chi connectivity index (χ4n) is 2.15. The summed E-state index contributed by atoms with van der Waals surface area (Å²) in [5.74, 6) is 0.118. The Morgan fingerprint density at radius 2 is 2.25 bits per heavy atom. The minimum absolute atomic E-state index is 0.0711. The predicted molar refractivity (Wildman–Crippen MR) is 73.5 cm³/mol. The summed E-state index contributed by atoms with van der Waals surface area (Å²) in [5, 5.41) is 13.9. The summed E-state index contributed by atoms with van der Waals surface area (Å²) in [5.41, 5.74) is 0.697. The molecule has 2 rings (SSSR count). The number of nitro benzene ring substituents is 1. The smallest absolute Gasteiger partial charge is 0.310 e. The first-order valence-corrected chi connectivity index (χ1v) is 8.02. The Kier molecular flexibility index (Phi) is 4.24. The Labute approximate surface area is 117 Å². The summed E-state index contributed by atoms with van der Waals surface area (Å²) in [6, 6.07) is 4.61. The number of rotatable bonds is 5. The lowest BCUT2D eigenvalue weighted by atomic mass is 10.2. The van der Waals surface area contributed by atoms with E-state index in [0.29, 0.717) is 13.0 Å². The molecule has 1 unspecified atom stereocenters. The van der Waals surface area contributed by atoms with Crippen molar-refractivity contribution >= 4 is 15.5 Å². The molecule has 110 valence electrons. The van der Waals surface area contributed by atoms with Gasteiger partial charge in [-0.3, -0.25) is 10.1 Å². The molecule has 1 aromatic carbocycles. The van der Waals surface area contributed by atoms with Gasteiger partial charge in [0.2, 0.25) is 0 Å². The maximum Gasteiger partial charge on any atom is 0.310 e. The summed E-state index contributed by atoms with van der Waals surface area (Å²) < 4.78 is 28.3. The van der Waals surface area contributed by atoms with Gasteiger partial charge in [-0.25, -0.2) is 8.42 Å². The van der Waals surface area contributed by atoms with Crippen molar-refractivity contribution in [1.29, 1.82) is 0 Å². The Morgan fingerprint density at radius 3 is 2.80 bits per heavy atom. The molecule has 1 heterocycles. The Bertz CT molecular complexity index is 614. The molecule has 0 radical (unpaired) electrons. The first-order valence-electron chi connectivity index (χ1n) is 6.20. The number of nitrogens with one attached hydrogen (secondary N) is 1. The van der Waals surface area contributed by atoms with E-state index in [1.165, 1.54) is 6.07 Å². The van der Waals surface area contributed by atoms with Gasteiger partial charge in [0.25, 0.3) is 0 Å². The molecule has 0 spiro atoms. The molecule has 1 aliphatic rings. The Morgan fingerprint density at radius 1 is 1.50 bits per heavy atom. The van der Waals surface area contributed by atoms with Crippen molar-refractivity contribution in [1.82, 2.24) is 5.32 Å². The van der Waals surface area contributed by atoms with Gasteiger partial charge in [0.05, 0.1) is 16.4 Å². The third-order valence-corrected chi connectivity index (χ3v) is 4.82. The highest BCUT2D eigenvalue weighted by molar-refractivity contribution is 7.91. The van der Waals surface area contributed by atoms with Gasteiger partial charge < -0.3 is 10.1 Å². The standard InChI is InChI=1S/C12H16N2O5S/c1-13-7-9-2-3-11(14(15)16)12(6-9)19-10-4-5-20(17,18)8-10/h2-3,6,10,13H,4-5,7-8H2,1H3. The van der Waals surface area contributed by atoms with E-state index in [1.807, 2.05) is 0 Å². The summed E-state index contributed by atoms with van der Waals surface area (Å²) >= 11 is 0. The molecule has 1 aromatic rings. The summed E-state index contributed by atoms with van der Waals surface area (Å²) in [7, 11) is -1.31. The average molecular weight is 300 g/mol. The topological polar surface area (TPSA) is 98.5 Å². The Balaban J connectivity index is 2.24. The van der Waals surface area contributed by atoms with E-state index in [2.05, 4.69) is 5.32 Å². The van der Waals surface area contributed by atoms with E-state index in [4.69, 9.17) is 4.74 Å². The van der Waals surface area contributed by atoms with Crippen LogP contribution in [-0.4, -0.2) is 38.0 Å². The first kappa shape index (κ1) is 14.7. The lowest BCUT2D eigenvalue weighted by Gasteiger charge is -2.13. The molecule has 20 heavy (non-hydrogen) atoms. The molecule has 8 heteroatoms. The van der Waals surface area contributed by atoms with Crippen LogP contribution in [0.2, 0.25) is 0 Å². The normalized spacial score (nSPS) is 20.8. The van der Waals surface area contributed by atoms with Gasteiger partial charge in [-0.15, -0.1) is 0 Å². The number of sulfone groups is 1. The molecule has 1 saturated heterocycles. The maximum absolute atomic E-state index is 11.4. The quantitative estimate of drug-likeness (QED) is 0.640. The predicted octanol–water partition coefficient (Wildman–Crippen LogP) is 0.880. The van der Waals surface area contributed by atoms with E-state index in [1.54, 1.807) is 19.2 Å². The first-order chi connectivity index (χ1) is 9.41. The second kappa shape index (κ2) is 5.76. The van der Waals surface area contributed by atoms with Crippen LogP contribution in [0.15, 0.2) is 18.2 Å². The largest absolute Gasteiger partial charge is 0.482 e. The zero-order valence-corrected chi connectivity index (χ0v) is 11.9. The van der Waals surface area contributed by atoms with Crippen molar-refractivity contribution in [2.75, 3.05) is 18.6 Å². The monoisotopic (exact) mass is 300 g/mol. The van der Waals surface area contributed by atoms with Crippen LogP contribution in [0, 0.1) is 10.1 Å². The lowest BCUT2D eigenvalue weighted by Crippen LogP contribution is -2.18. The molecular formula is C12H16N2O5S. The fraction of sp³-hybridized carbons (Fsp3) is 0.500. The SMILES string of the molecule is CNCc1ccc([N+](=O)[O-])c(OC2CCS(=O)(=O)C2)c1. The van der Waals surface area contributed by atoms with E-state index in [9.17, 15) is 18.5 Å². The van der Waals surface area contributed by atoms with Gasteiger partial charge in [-0.05, 0) is 25.1 Å². The molecule has 1 N–H and O–H groups in total. The van der Waals surface area contributed by atoms with Gasteiger partial charge in [0, 0.05) is 12.6 Å². The van der Waals surface area contributed by atoms with Gasteiger partial charge in [-0.2, -0.15) is 0 Å². The fourth-order valence-corrected chi connectivity index (χ4v) is 3.74. The molecular weight excluding hydrogens is 284 g/mol. The van der Waals surface area contributed by atoms with Crippen molar-refractivity contribution in [2.45, 2.75) is 19.1 Å². The van der Waals surface area contributed by atoms with Crippen molar-refractivity contribution in [3.05, 3.63) is 33.9 Å². The van der Waals surface area contributed by atoms with E-state index in [0.717, 1.165) is 5.56 Å². The van der Waals surface area contributed by atoms with Gasteiger partial charge in [0.1, 0.15) is 6.10 Å². The third kappa shape index (κ3) is 3.45. The van der Waals surface area contributed by atoms with Crippen LogP contribution in [-0.2, 0) is 16.4 Å². The zero-order chi connectivity index (χ0) is 14.8. The molecule has 1 fully saturated rings. The highest BCUT2D eigenvalue weighted by Crippen LogP contribution is 2.30. The van der Waals surface area contributed by atoms with Gasteiger partial charge in [-0.1, -0.05) is 6.07 Å². The van der Waals surface area contributed by atoms with Crippen LogP contribution in [0.25, 0.3) is 0 Å². The van der Waals surface area contributed by atoms with Crippen LogP contribution >= 0.6 is 0 Å². The second-order valence-electron chi connectivity index (χ2n) is 4.73. The minimum atomic E-state index is -3.08. The lowest BCUT2D eigenvalue weighted by molar-refractivity contribution is -0.386. The molecule has 1 atom stereocenters. The van der Waals surface area contributed by atoms with Crippen LogP contribution in [0.3, 0.4) is 0 Å². The van der Waals surface area contributed by atoms with Crippen molar-refractivity contribution < 1.29 is 18.1 Å². The number of benzene rings is 1. The highest BCUT2D eigenvalue weighted by atomic mass is 32.2. The summed E-state index contributed by atoms with van der Waals surface area (Å²) in [6.07, 6.45) is -0.140.